The third-order valence-corrected chi connectivity index (χ3v) is 4.18. The van der Waals surface area contributed by atoms with E-state index in [9.17, 15) is 4.79 Å². The Balaban J connectivity index is 1.62. The quantitative estimate of drug-likeness (QED) is 0.709. The summed E-state index contributed by atoms with van der Waals surface area (Å²) < 4.78 is 5.69. The molecule has 0 fully saturated rings. The fourth-order valence-electron chi connectivity index (χ4n) is 2.93. The van der Waals surface area contributed by atoms with Crippen molar-refractivity contribution in [3.8, 4) is 5.75 Å². The molecule has 0 bridgehead atoms. The van der Waals surface area contributed by atoms with Crippen LogP contribution in [0, 0.1) is 0 Å². The van der Waals surface area contributed by atoms with Crippen LogP contribution in [0.1, 0.15) is 11.6 Å². The molecule has 26 heavy (non-hydrogen) atoms. The number of carbonyl (C=O) groups excluding carboxylic acids is 1. The maximum absolute atomic E-state index is 12.4. The molecule has 0 aliphatic rings. The third-order valence-electron chi connectivity index (χ3n) is 4.18. The van der Waals surface area contributed by atoms with E-state index in [4.69, 9.17) is 4.74 Å². The molecular weight excluding hydrogens is 324 g/mol. The van der Waals surface area contributed by atoms with Gasteiger partial charge in [-0.15, -0.1) is 0 Å². The van der Waals surface area contributed by atoms with E-state index in [1.54, 1.807) is 0 Å². The van der Waals surface area contributed by atoms with Crippen LogP contribution in [0.3, 0.4) is 0 Å². The number of ether oxygens (including phenoxy) is 1. The fourth-order valence-corrected chi connectivity index (χ4v) is 2.93. The molecule has 0 saturated carbocycles. The van der Waals surface area contributed by atoms with Gasteiger partial charge in [-0.1, -0.05) is 60.7 Å². The van der Waals surface area contributed by atoms with Gasteiger partial charge in [-0.25, -0.2) is 0 Å². The van der Waals surface area contributed by atoms with Crippen molar-refractivity contribution in [1.29, 1.82) is 0 Å². The number of hydrogen-bond donors (Lipinski definition) is 1. The molecule has 0 saturated heterocycles. The summed E-state index contributed by atoms with van der Waals surface area (Å²) in [5, 5.41) is 5.32. The fraction of sp³-hybridized carbons (Fsp3) is 0.227. The van der Waals surface area contributed by atoms with E-state index in [0.717, 1.165) is 22.9 Å². The minimum absolute atomic E-state index is 0.00486. The second-order valence-electron chi connectivity index (χ2n) is 6.59. The summed E-state index contributed by atoms with van der Waals surface area (Å²) in [6.07, 6.45) is 0. The van der Waals surface area contributed by atoms with E-state index in [2.05, 4.69) is 16.3 Å². The van der Waals surface area contributed by atoms with Crippen LogP contribution in [-0.4, -0.2) is 38.1 Å². The lowest BCUT2D eigenvalue weighted by molar-refractivity contribution is -0.124. The Bertz CT molecular complexity index is 862. The average molecular weight is 348 g/mol. The molecule has 0 radical (unpaired) electrons. The van der Waals surface area contributed by atoms with E-state index in [0.29, 0.717) is 5.75 Å². The Labute approximate surface area is 154 Å². The zero-order valence-corrected chi connectivity index (χ0v) is 15.2. The molecule has 0 unspecified atom stereocenters. The van der Waals surface area contributed by atoms with Crippen LogP contribution >= 0.6 is 0 Å². The normalized spacial score (nSPS) is 12.1. The molecule has 1 N–H and O–H groups in total. The summed E-state index contributed by atoms with van der Waals surface area (Å²) >= 11 is 0. The highest BCUT2D eigenvalue weighted by Gasteiger charge is 2.15. The molecule has 0 heterocycles. The molecular formula is C22H24N2O2. The molecule has 3 aromatic carbocycles. The Morgan fingerprint density at radius 3 is 2.38 bits per heavy atom. The van der Waals surface area contributed by atoms with E-state index >= 15 is 0 Å². The summed E-state index contributed by atoms with van der Waals surface area (Å²) in [5.41, 5.74) is 1.08. The average Bonchev–Trinajstić information content (AvgIpc) is 2.66. The van der Waals surface area contributed by atoms with Crippen molar-refractivity contribution in [2.75, 3.05) is 27.2 Å². The number of amides is 1. The van der Waals surface area contributed by atoms with Crippen molar-refractivity contribution in [3.63, 3.8) is 0 Å². The first-order valence-electron chi connectivity index (χ1n) is 8.72. The minimum Gasteiger partial charge on any atom is -0.484 e. The molecule has 0 aromatic heterocycles. The van der Waals surface area contributed by atoms with Crippen LogP contribution in [0.4, 0.5) is 0 Å². The van der Waals surface area contributed by atoms with E-state index in [1.165, 1.54) is 0 Å². The number of fused-ring (bicyclic) bond motifs is 1. The number of nitrogens with one attached hydrogen (secondary N) is 1. The number of benzene rings is 3. The van der Waals surface area contributed by atoms with Gasteiger partial charge in [-0.3, -0.25) is 4.79 Å². The summed E-state index contributed by atoms with van der Waals surface area (Å²) in [4.78, 5) is 14.4. The number of likely N-dealkylation sites (N-methyl/N-ethyl adjacent to an activating group) is 1. The topological polar surface area (TPSA) is 41.6 Å². The van der Waals surface area contributed by atoms with Crippen molar-refractivity contribution in [2.45, 2.75) is 6.04 Å². The summed E-state index contributed by atoms with van der Waals surface area (Å²) in [6, 6.07) is 23.9. The second kappa shape index (κ2) is 8.50. The Morgan fingerprint density at radius 2 is 1.65 bits per heavy atom. The predicted octanol–water partition coefficient (Wildman–Crippen LogP) is 3.64. The van der Waals surface area contributed by atoms with Crippen LogP contribution in [0.25, 0.3) is 10.8 Å². The van der Waals surface area contributed by atoms with Crippen molar-refractivity contribution < 1.29 is 9.53 Å². The lowest BCUT2D eigenvalue weighted by atomic mass is 10.1. The molecule has 4 nitrogen and oxygen atoms in total. The SMILES string of the molecule is CN(C)C[C@H](NC(=O)COc1ccc2ccccc2c1)c1ccccc1. The number of nitrogens with zero attached hydrogens (tertiary/aromatic N) is 1. The summed E-state index contributed by atoms with van der Waals surface area (Å²) in [6.45, 7) is 0.723. The Hall–Kier alpha value is -2.85. The number of hydrogen-bond acceptors (Lipinski definition) is 3. The van der Waals surface area contributed by atoms with Crippen LogP contribution in [0.2, 0.25) is 0 Å². The van der Waals surface area contributed by atoms with Gasteiger partial charge >= 0.3 is 0 Å². The number of rotatable bonds is 7. The Morgan fingerprint density at radius 1 is 0.962 bits per heavy atom. The van der Waals surface area contributed by atoms with Gasteiger partial charge in [0.15, 0.2) is 6.61 Å². The molecule has 3 aromatic rings. The molecule has 0 spiro atoms. The third kappa shape index (κ3) is 4.83. The molecule has 1 amide bonds. The van der Waals surface area contributed by atoms with Crippen LogP contribution in [0.5, 0.6) is 5.75 Å². The van der Waals surface area contributed by atoms with E-state index < -0.39 is 0 Å². The first-order chi connectivity index (χ1) is 12.6. The molecule has 1 atom stereocenters. The zero-order valence-electron chi connectivity index (χ0n) is 15.2. The van der Waals surface area contributed by atoms with Crippen LogP contribution in [-0.2, 0) is 4.79 Å². The highest BCUT2D eigenvalue weighted by molar-refractivity contribution is 5.84. The van der Waals surface area contributed by atoms with Crippen molar-refractivity contribution in [1.82, 2.24) is 10.2 Å². The molecule has 4 heteroatoms. The summed E-state index contributed by atoms with van der Waals surface area (Å²) in [5.74, 6) is 0.566. The molecule has 3 rings (SSSR count). The largest absolute Gasteiger partial charge is 0.484 e. The van der Waals surface area contributed by atoms with Gasteiger partial charge in [0, 0.05) is 6.54 Å². The highest BCUT2D eigenvalue weighted by atomic mass is 16.5. The van der Waals surface area contributed by atoms with Crippen molar-refractivity contribution >= 4 is 16.7 Å². The molecule has 134 valence electrons. The lowest BCUT2D eigenvalue weighted by Gasteiger charge is -2.23. The van der Waals surface area contributed by atoms with Gasteiger partial charge in [0.05, 0.1) is 6.04 Å². The van der Waals surface area contributed by atoms with Gasteiger partial charge in [0.25, 0.3) is 5.91 Å². The second-order valence-corrected chi connectivity index (χ2v) is 6.59. The van der Waals surface area contributed by atoms with Gasteiger partial charge in [0.1, 0.15) is 5.75 Å². The first-order valence-corrected chi connectivity index (χ1v) is 8.72. The van der Waals surface area contributed by atoms with E-state index in [1.807, 2.05) is 80.8 Å². The monoisotopic (exact) mass is 348 g/mol. The van der Waals surface area contributed by atoms with Crippen molar-refractivity contribution in [3.05, 3.63) is 78.4 Å². The minimum atomic E-state index is -0.131. The number of carbonyl (C=O) groups is 1. The molecule has 0 aliphatic heterocycles. The van der Waals surface area contributed by atoms with Gasteiger partial charge in [0.2, 0.25) is 0 Å². The summed E-state index contributed by atoms with van der Waals surface area (Å²) in [7, 11) is 3.99. The standard InChI is InChI=1S/C22H24N2O2/c1-24(2)15-21(18-9-4-3-5-10-18)23-22(25)16-26-20-13-12-17-8-6-7-11-19(17)14-20/h3-14,21H,15-16H2,1-2H3,(H,23,25)/t21-/m0/s1. The Kier molecular flexibility index (Phi) is 5.87. The molecule has 0 aliphatic carbocycles. The van der Waals surface area contributed by atoms with Crippen LogP contribution < -0.4 is 10.1 Å². The van der Waals surface area contributed by atoms with E-state index in [-0.39, 0.29) is 18.6 Å². The highest BCUT2D eigenvalue weighted by Crippen LogP contribution is 2.20. The maximum Gasteiger partial charge on any atom is 0.258 e. The first kappa shape index (κ1) is 18.0. The van der Waals surface area contributed by atoms with Gasteiger partial charge < -0.3 is 15.0 Å². The van der Waals surface area contributed by atoms with Crippen LogP contribution in [0.15, 0.2) is 72.8 Å². The van der Waals surface area contributed by atoms with Crippen molar-refractivity contribution in [2.24, 2.45) is 0 Å². The lowest BCUT2D eigenvalue weighted by Crippen LogP contribution is -2.37. The van der Waals surface area contributed by atoms with Gasteiger partial charge in [-0.2, -0.15) is 0 Å². The zero-order chi connectivity index (χ0) is 18.4. The predicted molar refractivity (Wildman–Crippen MR) is 105 cm³/mol. The smallest absolute Gasteiger partial charge is 0.258 e. The maximum atomic E-state index is 12.4. The van der Waals surface area contributed by atoms with Gasteiger partial charge in [-0.05, 0) is 42.6 Å².